The van der Waals surface area contributed by atoms with Crippen LogP contribution in [0.3, 0.4) is 0 Å². The molecule has 1 heterocycles. The summed E-state index contributed by atoms with van der Waals surface area (Å²) >= 11 is 5.82. The van der Waals surface area contributed by atoms with Crippen molar-refractivity contribution in [2.75, 3.05) is 6.54 Å². The van der Waals surface area contributed by atoms with Gasteiger partial charge < -0.3 is 14.7 Å². The van der Waals surface area contributed by atoms with Crippen molar-refractivity contribution in [3.8, 4) is 0 Å². The molecule has 0 radical (unpaired) electrons. The van der Waals surface area contributed by atoms with E-state index < -0.39 is 29.0 Å². The number of ether oxygens (including phenoxy) is 1. The molecule has 108 valence electrons. The van der Waals surface area contributed by atoms with Gasteiger partial charge in [0, 0.05) is 13.0 Å². The van der Waals surface area contributed by atoms with Gasteiger partial charge in [0.2, 0.25) is 5.91 Å². The van der Waals surface area contributed by atoms with Gasteiger partial charge in [-0.15, -0.1) is 11.6 Å². The van der Waals surface area contributed by atoms with Gasteiger partial charge in [0.25, 0.3) is 0 Å². The molecule has 7 heteroatoms. The Hall–Kier alpha value is -1.30. The molecular weight excluding hydrogens is 274 g/mol. The Bertz CT molecular complexity index is 390. The van der Waals surface area contributed by atoms with E-state index >= 15 is 0 Å². The minimum Gasteiger partial charge on any atom is -0.480 e. The Kier molecular flexibility index (Phi) is 4.79. The van der Waals surface area contributed by atoms with Crippen molar-refractivity contribution in [1.82, 2.24) is 4.90 Å². The van der Waals surface area contributed by atoms with Gasteiger partial charge in [0.15, 0.2) is 0 Å². The minimum absolute atomic E-state index is 0.0969. The lowest BCUT2D eigenvalue weighted by Gasteiger charge is -2.25. The van der Waals surface area contributed by atoms with Crippen molar-refractivity contribution < 1.29 is 24.2 Å². The third-order valence-corrected chi connectivity index (χ3v) is 2.84. The second-order valence-electron chi connectivity index (χ2n) is 5.49. The van der Waals surface area contributed by atoms with Crippen molar-refractivity contribution >= 4 is 29.4 Å². The first kappa shape index (κ1) is 15.8. The van der Waals surface area contributed by atoms with Crippen LogP contribution in [-0.2, 0) is 19.1 Å². The van der Waals surface area contributed by atoms with Crippen LogP contribution in [0.1, 0.15) is 33.6 Å². The summed E-state index contributed by atoms with van der Waals surface area (Å²) in [6, 6.07) is -1.22. The van der Waals surface area contributed by atoms with Crippen molar-refractivity contribution in [2.24, 2.45) is 0 Å². The number of nitrogens with zero attached hydrogens (tertiary/aromatic N) is 1. The van der Waals surface area contributed by atoms with E-state index in [0.29, 0.717) is 0 Å². The van der Waals surface area contributed by atoms with E-state index in [1.54, 1.807) is 20.8 Å². The maximum Gasteiger partial charge on any atom is 0.327 e. The largest absolute Gasteiger partial charge is 0.480 e. The minimum atomic E-state index is -1.23. The molecule has 0 aliphatic carbocycles. The van der Waals surface area contributed by atoms with E-state index in [9.17, 15) is 14.4 Å². The van der Waals surface area contributed by atoms with Crippen LogP contribution in [0.4, 0.5) is 0 Å². The average Bonchev–Trinajstić information content (AvgIpc) is 2.51. The normalized spacial score (nSPS) is 21.4. The van der Waals surface area contributed by atoms with Gasteiger partial charge in [0.05, 0.1) is 11.8 Å². The van der Waals surface area contributed by atoms with Gasteiger partial charge in [-0.2, -0.15) is 0 Å². The Morgan fingerprint density at radius 1 is 1.53 bits per heavy atom. The van der Waals surface area contributed by atoms with Gasteiger partial charge in [-0.25, -0.2) is 4.79 Å². The highest BCUT2D eigenvalue weighted by atomic mass is 35.5. The molecule has 0 spiro atoms. The third-order valence-electron chi connectivity index (χ3n) is 2.55. The van der Waals surface area contributed by atoms with Gasteiger partial charge in [-0.05, 0) is 20.8 Å². The zero-order chi connectivity index (χ0) is 14.8. The van der Waals surface area contributed by atoms with E-state index in [1.807, 2.05) is 0 Å². The summed E-state index contributed by atoms with van der Waals surface area (Å²) in [6.45, 7) is 5.21. The molecule has 2 atom stereocenters. The molecule has 1 saturated heterocycles. The molecule has 0 aromatic rings. The molecule has 1 aliphatic rings. The molecule has 0 aromatic carbocycles. The SMILES string of the molecule is CC(C)(C)OC(=O)C[C@@H](C(=O)O)N1CC(Cl)CC1=O. The summed E-state index contributed by atoms with van der Waals surface area (Å²) in [4.78, 5) is 35.6. The second-order valence-corrected chi connectivity index (χ2v) is 6.11. The fourth-order valence-corrected chi connectivity index (χ4v) is 2.14. The zero-order valence-electron chi connectivity index (χ0n) is 11.2. The number of carbonyl (C=O) groups excluding carboxylic acids is 2. The van der Waals surface area contributed by atoms with Crippen molar-refractivity contribution in [2.45, 2.75) is 50.6 Å². The molecular formula is C12H18ClNO5. The first-order chi connectivity index (χ1) is 8.60. The predicted octanol–water partition coefficient (Wildman–Crippen LogP) is 1.01. The Labute approximate surface area is 116 Å². The summed E-state index contributed by atoms with van der Waals surface area (Å²) in [5.41, 5.74) is -0.690. The fourth-order valence-electron chi connectivity index (χ4n) is 1.86. The van der Waals surface area contributed by atoms with Gasteiger partial charge in [0.1, 0.15) is 11.6 Å². The highest BCUT2D eigenvalue weighted by Crippen LogP contribution is 2.21. The van der Waals surface area contributed by atoms with Crippen molar-refractivity contribution in [1.29, 1.82) is 0 Å². The molecule has 1 rings (SSSR count). The zero-order valence-corrected chi connectivity index (χ0v) is 11.9. The number of esters is 1. The monoisotopic (exact) mass is 291 g/mol. The van der Waals surface area contributed by atoms with Crippen LogP contribution < -0.4 is 0 Å². The average molecular weight is 292 g/mol. The number of likely N-dealkylation sites (tertiary alicyclic amines) is 1. The van der Waals surface area contributed by atoms with Gasteiger partial charge in [-0.1, -0.05) is 0 Å². The van der Waals surface area contributed by atoms with Crippen LogP contribution in [0.25, 0.3) is 0 Å². The highest BCUT2D eigenvalue weighted by Gasteiger charge is 2.38. The van der Waals surface area contributed by atoms with E-state index in [2.05, 4.69) is 0 Å². The van der Waals surface area contributed by atoms with Crippen LogP contribution in [0, 0.1) is 0 Å². The van der Waals surface area contributed by atoms with E-state index in [1.165, 1.54) is 0 Å². The van der Waals surface area contributed by atoms with Crippen LogP contribution >= 0.6 is 11.6 Å². The number of rotatable bonds is 4. The lowest BCUT2D eigenvalue weighted by molar-refractivity contribution is -0.161. The summed E-state index contributed by atoms with van der Waals surface area (Å²) in [7, 11) is 0. The topological polar surface area (TPSA) is 83.9 Å². The van der Waals surface area contributed by atoms with Crippen LogP contribution in [-0.4, -0.2) is 51.4 Å². The summed E-state index contributed by atoms with van der Waals surface area (Å²) in [5, 5.41) is 8.73. The lowest BCUT2D eigenvalue weighted by Crippen LogP contribution is -2.44. The van der Waals surface area contributed by atoms with Gasteiger partial charge >= 0.3 is 11.9 Å². The quantitative estimate of drug-likeness (QED) is 0.617. The molecule has 6 nitrogen and oxygen atoms in total. The van der Waals surface area contributed by atoms with Crippen LogP contribution in [0.5, 0.6) is 0 Å². The predicted molar refractivity (Wildman–Crippen MR) is 67.9 cm³/mol. The molecule has 1 N–H and O–H groups in total. The number of halogens is 1. The summed E-state index contributed by atoms with van der Waals surface area (Å²) in [6.07, 6.45) is -0.276. The Morgan fingerprint density at radius 2 is 2.11 bits per heavy atom. The van der Waals surface area contributed by atoms with Gasteiger partial charge in [-0.3, -0.25) is 9.59 Å². The summed E-state index contributed by atoms with van der Waals surface area (Å²) in [5.74, 6) is -2.23. The maximum atomic E-state index is 11.7. The third kappa shape index (κ3) is 4.70. The highest BCUT2D eigenvalue weighted by molar-refractivity contribution is 6.22. The van der Waals surface area contributed by atoms with Crippen LogP contribution in [0.15, 0.2) is 0 Å². The fraction of sp³-hybridized carbons (Fsp3) is 0.750. The van der Waals surface area contributed by atoms with Crippen molar-refractivity contribution in [3.05, 3.63) is 0 Å². The van der Waals surface area contributed by atoms with E-state index in [0.717, 1.165) is 4.90 Å². The molecule has 1 aliphatic heterocycles. The van der Waals surface area contributed by atoms with Crippen molar-refractivity contribution in [3.63, 3.8) is 0 Å². The molecule has 0 bridgehead atoms. The smallest absolute Gasteiger partial charge is 0.327 e. The standard InChI is InChI=1S/C12H18ClNO5/c1-12(2,3)19-10(16)5-8(11(17)18)14-6-7(13)4-9(14)15/h7-8H,4-6H2,1-3H3,(H,17,18)/t7?,8-/m0/s1. The van der Waals surface area contributed by atoms with E-state index in [-0.39, 0.29) is 25.3 Å². The first-order valence-corrected chi connectivity index (χ1v) is 6.42. The number of amides is 1. The first-order valence-electron chi connectivity index (χ1n) is 5.98. The Morgan fingerprint density at radius 3 is 2.47 bits per heavy atom. The van der Waals surface area contributed by atoms with Crippen LogP contribution in [0.2, 0.25) is 0 Å². The Balaban J connectivity index is 2.72. The number of carboxylic acids is 1. The molecule has 0 aromatic heterocycles. The second kappa shape index (κ2) is 5.77. The molecule has 19 heavy (non-hydrogen) atoms. The summed E-state index contributed by atoms with van der Waals surface area (Å²) < 4.78 is 5.07. The molecule has 0 saturated carbocycles. The number of alkyl halides is 1. The lowest BCUT2D eigenvalue weighted by atomic mass is 10.1. The molecule has 1 fully saturated rings. The van der Waals surface area contributed by atoms with E-state index in [4.69, 9.17) is 21.4 Å². The molecule has 1 unspecified atom stereocenters. The number of hydrogen-bond acceptors (Lipinski definition) is 4. The number of hydrogen-bond donors (Lipinski definition) is 1. The number of carbonyl (C=O) groups is 3. The molecule has 1 amide bonds. The number of carboxylic acid groups (broad SMARTS) is 1. The number of aliphatic carboxylic acids is 1. The maximum absolute atomic E-state index is 11.7.